The summed E-state index contributed by atoms with van der Waals surface area (Å²) >= 11 is 0. The van der Waals surface area contributed by atoms with E-state index in [1.807, 2.05) is 19.1 Å². The molecule has 0 heterocycles. The number of aliphatic hydroxyl groups is 1. The van der Waals surface area contributed by atoms with Gasteiger partial charge in [0, 0.05) is 5.41 Å². The Balaban J connectivity index is 2.37. The molecule has 2 nitrogen and oxygen atoms in total. The molecule has 0 bridgehead atoms. The van der Waals surface area contributed by atoms with Crippen LogP contribution in [0.1, 0.15) is 100 Å². The topological polar surface area (TPSA) is 40.5 Å². The second-order valence-electron chi connectivity index (χ2n) is 9.11. The zero-order valence-corrected chi connectivity index (χ0v) is 20.5. The molecule has 170 valence electrons. The normalized spacial score (nSPS) is 14.2. The SMILES string of the molecule is CCCCCC(O)(/C=C/c1ccc(C(CC)(CC)c2ccc(O)c(C)c2)cc1C)CC. The summed E-state index contributed by atoms with van der Waals surface area (Å²) in [6, 6.07) is 12.7. The summed E-state index contributed by atoms with van der Waals surface area (Å²) < 4.78 is 0. The summed E-state index contributed by atoms with van der Waals surface area (Å²) in [4.78, 5) is 0. The lowest BCUT2D eigenvalue weighted by Crippen LogP contribution is -2.26. The Morgan fingerprint density at radius 1 is 0.806 bits per heavy atom. The summed E-state index contributed by atoms with van der Waals surface area (Å²) in [6.07, 6.45) is 11.0. The van der Waals surface area contributed by atoms with Crippen molar-refractivity contribution >= 4 is 6.08 Å². The van der Waals surface area contributed by atoms with Crippen molar-refractivity contribution in [1.29, 1.82) is 0 Å². The largest absolute Gasteiger partial charge is 0.508 e. The molecule has 2 aromatic carbocycles. The van der Waals surface area contributed by atoms with Crippen molar-refractivity contribution in [3.63, 3.8) is 0 Å². The van der Waals surface area contributed by atoms with Gasteiger partial charge in [-0.25, -0.2) is 0 Å². The molecule has 2 heteroatoms. The predicted molar refractivity (Wildman–Crippen MR) is 134 cm³/mol. The zero-order chi connectivity index (χ0) is 23.1. The van der Waals surface area contributed by atoms with E-state index in [2.05, 4.69) is 71.0 Å². The minimum Gasteiger partial charge on any atom is -0.508 e. The summed E-state index contributed by atoms with van der Waals surface area (Å²) in [5, 5.41) is 20.9. The fourth-order valence-electron chi connectivity index (χ4n) is 4.65. The van der Waals surface area contributed by atoms with Gasteiger partial charge in [0.15, 0.2) is 0 Å². The number of benzene rings is 2. The van der Waals surface area contributed by atoms with Crippen LogP contribution in [0.15, 0.2) is 42.5 Å². The van der Waals surface area contributed by atoms with E-state index in [-0.39, 0.29) is 5.41 Å². The maximum atomic E-state index is 10.9. The highest BCUT2D eigenvalue weighted by Gasteiger charge is 2.31. The first-order chi connectivity index (χ1) is 14.7. The Kier molecular flexibility index (Phi) is 8.94. The van der Waals surface area contributed by atoms with Crippen LogP contribution >= 0.6 is 0 Å². The fourth-order valence-corrected chi connectivity index (χ4v) is 4.65. The van der Waals surface area contributed by atoms with Crippen LogP contribution in [0.5, 0.6) is 5.75 Å². The molecule has 0 aliphatic carbocycles. The maximum Gasteiger partial charge on any atom is 0.118 e. The van der Waals surface area contributed by atoms with E-state index in [1.165, 1.54) is 23.1 Å². The molecule has 2 rings (SSSR count). The Hall–Kier alpha value is -2.06. The highest BCUT2D eigenvalue weighted by Crippen LogP contribution is 2.41. The average molecular weight is 423 g/mol. The lowest BCUT2D eigenvalue weighted by molar-refractivity contribution is 0.0754. The van der Waals surface area contributed by atoms with E-state index >= 15 is 0 Å². The predicted octanol–water partition coefficient (Wildman–Crippen LogP) is 7.85. The quantitative estimate of drug-likeness (QED) is 0.362. The van der Waals surface area contributed by atoms with Crippen molar-refractivity contribution in [2.75, 3.05) is 0 Å². The van der Waals surface area contributed by atoms with Gasteiger partial charge in [-0.3, -0.25) is 0 Å². The van der Waals surface area contributed by atoms with Crippen LogP contribution in [0.25, 0.3) is 6.08 Å². The Labute approximate surface area is 190 Å². The van der Waals surface area contributed by atoms with Crippen LogP contribution in [-0.4, -0.2) is 15.8 Å². The molecule has 0 aliphatic heterocycles. The third-order valence-electron chi connectivity index (χ3n) is 7.18. The molecule has 31 heavy (non-hydrogen) atoms. The molecule has 0 saturated heterocycles. The fraction of sp³-hybridized carbons (Fsp3) is 0.517. The van der Waals surface area contributed by atoms with E-state index in [9.17, 15) is 10.2 Å². The number of phenols is 1. The van der Waals surface area contributed by atoms with Gasteiger partial charge in [0.1, 0.15) is 5.75 Å². The van der Waals surface area contributed by atoms with Crippen LogP contribution in [0, 0.1) is 13.8 Å². The van der Waals surface area contributed by atoms with Crippen LogP contribution in [0.3, 0.4) is 0 Å². The molecule has 0 spiro atoms. The van der Waals surface area contributed by atoms with Crippen molar-refractivity contribution in [2.45, 2.75) is 97.5 Å². The van der Waals surface area contributed by atoms with Gasteiger partial charge in [0.05, 0.1) is 5.60 Å². The molecular weight excluding hydrogens is 380 g/mol. The van der Waals surface area contributed by atoms with Gasteiger partial charge in [0.25, 0.3) is 0 Å². The standard InChI is InChI=1S/C29H42O2/c1-7-11-12-18-28(31,8-2)19-17-24-13-14-25(20-22(24)5)29(9-3,10-4)26-15-16-27(30)23(6)21-26/h13-17,19-21,30-31H,7-12,18H2,1-6H3/b19-17+. The van der Waals surface area contributed by atoms with Gasteiger partial charge < -0.3 is 10.2 Å². The van der Waals surface area contributed by atoms with Gasteiger partial charge in [-0.1, -0.05) is 89.4 Å². The number of hydrogen-bond acceptors (Lipinski definition) is 2. The summed E-state index contributed by atoms with van der Waals surface area (Å²) in [6.45, 7) is 12.9. The van der Waals surface area contributed by atoms with Gasteiger partial charge in [-0.05, 0) is 73.4 Å². The van der Waals surface area contributed by atoms with Gasteiger partial charge in [-0.15, -0.1) is 0 Å². The smallest absolute Gasteiger partial charge is 0.118 e. The number of rotatable bonds is 11. The van der Waals surface area contributed by atoms with Crippen LogP contribution in [0.2, 0.25) is 0 Å². The minimum absolute atomic E-state index is 0.0736. The van der Waals surface area contributed by atoms with Gasteiger partial charge >= 0.3 is 0 Å². The third kappa shape index (κ3) is 5.80. The first kappa shape index (κ1) is 25.2. The lowest BCUT2D eigenvalue weighted by Gasteiger charge is -2.34. The minimum atomic E-state index is -0.722. The highest BCUT2D eigenvalue weighted by molar-refractivity contribution is 5.57. The van der Waals surface area contributed by atoms with Crippen molar-refractivity contribution in [3.8, 4) is 5.75 Å². The summed E-state index contributed by atoms with van der Waals surface area (Å²) in [5.41, 5.74) is 5.08. The van der Waals surface area contributed by atoms with E-state index in [4.69, 9.17) is 0 Å². The molecular formula is C29H42O2. The lowest BCUT2D eigenvalue weighted by atomic mass is 9.70. The number of hydrogen-bond donors (Lipinski definition) is 2. The van der Waals surface area contributed by atoms with Gasteiger partial charge in [-0.2, -0.15) is 0 Å². The molecule has 2 N–H and O–H groups in total. The average Bonchev–Trinajstić information content (AvgIpc) is 2.77. The molecule has 0 amide bonds. The Morgan fingerprint density at radius 2 is 1.42 bits per heavy atom. The first-order valence-electron chi connectivity index (χ1n) is 12.1. The number of aryl methyl sites for hydroxylation is 2. The molecule has 0 radical (unpaired) electrons. The van der Waals surface area contributed by atoms with Crippen molar-refractivity contribution in [2.24, 2.45) is 0 Å². The second kappa shape index (κ2) is 11.0. The third-order valence-corrected chi connectivity index (χ3v) is 7.18. The van der Waals surface area contributed by atoms with Crippen LogP contribution in [0.4, 0.5) is 0 Å². The van der Waals surface area contributed by atoms with Crippen LogP contribution < -0.4 is 0 Å². The zero-order valence-electron chi connectivity index (χ0n) is 20.5. The summed E-state index contributed by atoms with van der Waals surface area (Å²) in [5.74, 6) is 0.351. The van der Waals surface area contributed by atoms with Crippen molar-refractivity contribution < 1.29 is 10.2 Å². The summed E-state index contributed by atoms with van der Waals surface area (Å²) in [7, 11) is 0. The highest BCUT2D eigenvalue weighted by atomic mass is 16.3. The van der Waals surface area contributed by atoms with E-state index in [0.29, 0.717) is 5.75 Å². The number of phenolic OH excluding ortho intramolecular Hbond substituents is 1. The molecule has 0 aliphatic rings. The Bertz CT molecular complexity index is 876. The van der Waals surface area contributed by atoms with Gasteiger partial charge in [0.2, 0.25) is 0 Å². The molecule has 0 aromatic heterocycles. The maximum absolute atomic E-state index is 10.9. The molecule has 1 atom stereocenters. The second-order valence-corrected chi connectivity index (χ2v) is 9.11. The molecule has 2 aromatic rings. The molecule has 0 fully saturated rings. The van der Waals surface area contributed by atoms with E-state index in [0.717, 1.165) is 49.7 Å². The van der Waals surface area contributed by atoms with Crippen molar-refractivity contribution in [1.82, 2.24) is 0 Å². The number of aromatic hydroxyl groups is 1. The van der Waals surface area contributed by atoms with Crippen LogP contribution in [-0.2, 0) is 5.41 Å². The molecule has 1 unspecified atom stereocenters. The van der Waals surface area contributed by atoms with Crippen molar-refractivity contribution in [3.05, 3.63) is 70.3 Å². The molecule has 0 saturated carbocycles. The monoisotopic (exact) mass is 422 g/mol. The van der Waals surface area contributed by atoms with E-state index in [1.54, 1.807) is 0 Å². The first-order valence-corrected chi connectivity index (χ1v) is 12.1. The Morgan fingerprint density at radius 3 is 1.94 bits per heavy atom. The van der Waals surface area contributed by atoms with E-state index < -0.39 is 5.60 Å². The number of unbranched alkanes of at least 4 members (excludes halogenated alkanes) is 2.